The van der Waals surface area contributed by atoms with Crippen LogP contribution in [0.3, 0.4) is 0 Å². The largest absolute Gasteiger partial charge is 0.360 e. The van der Waals surface area contributed by atoms with E-state index in [1.807, 2.05) is 30.3 Å². The summed E-state index contributed by atoms with van der Waals surface area (Å²) < 4.78 is 5.02. The number of hydrogen-bond acceptors (Lipinski definition) is 6. The van der Waals surface area contributed by atoms with Crippen LogP contribution in [0.15, 0.2) is 47.0 Å². The molecule has 0 radical (unpaired) electrons. The molecule has 1 amide bonds. The van der Waals surface area contributed by atoms with Crippen molar-refractivity contribution in [3.63, 3.8) is 0 Å². The third-order valence-electron chi connectivity index (χ3n) is 3.55. The second-order valence-corrected chi connectivity index (χ2v) is 5.78. The molecule has 2 aromatic heterocycles. The lowest BCUT2D eigenvalue weighted by Crippen LogP contribution is -2.27. The molecule has 3 rings (SSSR count). The highest BCUT2D eigenvalue weighted by Crippen LogP contribution is 2.16. The maximum absolute atomic E-state index is 12.7. The number of rotatable bonds is 5. The van der Waals surface area contributed by atoms with E-state index in [1.54, 1.807) is 37.9 Å². The molecule has 0 aliphatic carbocycles. The quantitative estimate of drug-likeness (QED) is 0.770. The summed E-state index contributed by atoms with van der Waals surface area (Å²) in [7, 11) is 1.75. The van der Waals surface area contributed by atoms with Crippen LogP contribution in [0.1, 0.15) is 27.6 Å². The second kappa shape index (κ2) is 7.12. The molecule has 2 heterocycles. The molecule has 1 N–H and O–H groups in total. The minimum atomic E-state index is -0.172. The van der Waals surface area contributed by atoms with Crippen molar-refractivity contribution in [2.45, 2.75) is 20.4 Å². The van der Waals surface area contributed by atoms with Gasteiger partial charge in [-0.1, -0.05) is 35.5 Å². The summed E-state index contributed by atoms with van der Waals surface area (Å²) in [6.45, 7) is 4.05. The molecular weight excluding hydrogens is 318 g/mol. The number of nitrogens with one attached hydrogen (secondary N) is 1. The Morgan fingerprint density at radius 2 is 1.88 bits per heavy atom. The summed E-state index contributed by atoms with van der Waals surface area (Å²) in [4.78, 5) is 22.9. The molecule has 25 heavy (non-hydrogen) atoms. The molecule has 1 aromatic carbocycles. The molecule has 0 atom stereocenters. The van der Waals surface area contributed by atoms with Crippen LogP contribution in [0.25, 0.3) is 0 Å². The molecule has 0 saturated heterocycles. The van der Waals surface area contributed by atoms with E-state index in [2.05, 4.69) is 20.4 Å². The smallest absolute Gasteiger partial charge is 0.272 e. The fraction of sp³-hybridized carbons (Fsp3) is 0.222. The highest BCUT2D eigenvalue weighted by atomic mass is 16.5. The standard InChI is InChI=1S/C18H19N5O2/c1-12-9-17(22-25-12)21-16-10-15(19-13(2)20-16)18(24)23(3)11-14-7-5-4-6-8-14/h4-10H,11H2,1-3H3,(H,19,20,21,22). The van der Waals surface area contributed by atoms with Gasteiger partial charge in [0.15, 0.2) is 5.82 Å². The van der Waals surface area contributed by atoms with Crippen molar-refractivity contribution in [1.82, 2.24) is 20.0 Å². The molecule has 0 aliphatic heterocycles. The molecule has 0 unspecified atom stereocenters. The summed E-state index contributed by atoms with van der Waals surface area (Å²) in [5.74, 6) is 2.05. The number of aryl methyl sites for hydroxylation is 2. The lowest BCUT2D eigenvalue weighted by Gasteiger charge is -2.17. The van der Waals surface area contributed by atoms with E-state index in [0.29, 0.717) is 35.5 Å². The van der Waals surface area contributed by atoms with E-state index < -0.39 is 0 Å². The number of carbonyl (C=O) groups is 1. The molecular formula is C18H19N5O2. The van der Waals surface area contributed by atoms with Crippen molar-refractivity contribution in [2.75, 3.05) is 12.4 Å². The number of amides is 1. The number of aromatic nitrogens is 3. The van der Waals surface area contributed by atoms with Crippen molar-refractivity contribution in [3.05, 3.63) is 65.3 Å². The Labute approximate surface area is 145 Å². The van der Waals surface area contributed by atoms with Crippen LogP contribution in [0, 0.1) is 13.8 Å². The van der Waals surface area contributed by atoms with Gasteiger partial charge in [0.25, 0.3) is 5.91 Å². The Balaban J connectivity index is 1.77. The second-order valence-electron chi connectivity index (χ2n) is 5.78. The van der Waals surface area contributed by atoms with Crippen LogP contribution in [0.5, 0.6) is 0 Å². The van der Waals surface area contributed by atoms with Crippen molar-refractivity contribution < 1.29 is 9.32 Å². The molecule has 128 valence electrons. The Kier molecular flexibility index (Phi) is 4.74. The van der Waals surface area contributed by atoms with E-state index in [1.165, 1.54) is 0 Å². The molecule has 3 aromatic rings. The zero-order valence-corrected chi connectivity index (χ0v) is 14.4. The first-order valence-electron chi connectivity index (χ1n) is 7.86. The minimum absolute atomic E-state index is 0.172. The molecule has 0 fully saturated rings. The summed E-state index contributed by atoms with van der Waals surface area (Å²) in [6.07, 6.45) is 0. The average molecular weight is 337 g/mol. The van der Waals surface area contributed by atoms with Gasteiger partial charge in [-0.25, -0.2) is 9.97 Å². The molecule has 0 saturated carbocycles. The van der Waals surface area contributed by atoms with E-state index in [9.17, 15) is 4.79 Å². The van der Waals surface area contributed by atoms with Gasteiger partial charge in [-0.2, -0.15) is 0 Å². The van der Waals surface area contributed by atoms with Gasteiger partial charge in [0.1, 0.15) is 23.1 Å². The topological polar surface area (TPSA) is 84.2 Å². The predicted molar refractivity (Wildman–Crippen MR) is 93.5 cm³/mol. The van der Waals surface area contributed by atoms with Crippen LogP contribution in [-0.2, 0) is 6.54 Å². The lowest BCUT2D eigenvalue weighted by molar-refractivity contribution is 0.0779. The molecule has 7 heteroatoms. The third-order valence-corrected chi connectivity index (χ3v) is 3.55. The van der Waals surface area contributed by atoms with Crippen molar-refractivity contribution in [2.24, 2.45) is 0 Å². The van der Waals surface area contributed by atoms with Crippen molar-refractivity contribution >= 4 is 17.5 Å². The fourth-order valence-electron chi connectivity index (χ4n) is 2.42. The minimum Gasteiger partial charge on any atom is -0.360 e. The summed E-state index contributed by atoms with van der Waals surface area (Å²) >= 11 is 0. The first-order chi connectivity index (χ1) is 12.0. The van der Waals surface area contributed by atoms with Gasteiger partial charge >= 0.3 is 0 Å². The van der Waals surface area contributed by atoms with E-state index >= 15 is 0 Å². The number of nitrogens with zero attached hydrogens (tertiary/aromatic N) is 4. The zero-order valence-electron chi connectivity index (χ0n) is 14.4. The Hall–Kier alpha value is -3.22. The maximum atomic E-state index is 12.7. The van der Waals surface area contributed by atoms with Crippen LogP contribution >= 0.6 is 0 Å². The molecule has 0 aliphatic rings. The van der Waals surface area contributed by atoms with Crippen molar-refractivity contribution in [1.29, 1.82) is 0 Å². The van der Waals surface area contributed by atoms with Crippen LogP contribution in [-0.4, -0.2) is 33.0 Å². The maximum Gasteiger partial charge on any atom is 0.272 e. The highest BCUT2D eigenvalue weighted by Gasteiger charge is 2.16. The number of hydrogen-bond donors (Lipinski definition) is 1. The normalized spacial score (nSPS) is 10.5. The predicted octanol–water partition coefficient (Wildman–Crippen LogP) is 3.10. The lowest BCUT2D eigenvalue weighted by atomic mass is 10.2. The first kappa shape index (κ1) is 16.6. The van der Waals surface area contributed by atoms with Gasteiger partial charge in [0.05, 0.1) is 0 Å². The van der Waals surface area contributed by atoms with Crippen LogP contribution in [0.4, 0.5) is 11.6 Å². The Bertz CT molecular complexity index is 876. The summed E-state index contributed by atoms with van der Waals surface area (Å²) in [5, 5.41) is 6.89. The van der Waals surface area contributed by atoms with Gasteiger partial charge in [-0.3, -0.25) is 4.79 Å². The summed E-state index contributed by atoms with van der Waals surface area (Å²) in [6, 6.07) is 13.2. The van der Waals surface area contributed by atoms with E-state index in [4.69, 9.17) is 4.52 Å². The fourth-order valence-corrected chi connectivity index (χ4v) is 2.42. The van der Waals surface area contributed by atoms with Crippen LogP contribution in [0.2, 0.25) is 0 Å². The van der Waals surface area contributed by atoms with Gasteiger partial charge < -0.3 is 14.7 Å². The van der Waals surface area contributed by atoms with Gasteiger partial charge in [-0.05, 0) is 19.4 Å². The monoisotopic (exact) mass is 337 g/mol. The Morgan fingerprint density at radius 1 is 1.12 bits per heavy atom. The number of carbonyl (C=O) groups excluding carboxylic acids is 1. The van der Waals surface area contributed by atoms with Crippen molar-refractivity contribution in [3.8, 4) is 0 Å². The third kappa shape index (κ3) is 4.20. The number of benzene rings is 1. The van der Waals surface area contributed by atoms with E-state index in [-0.39, 0.29) is 5.91 Å². The average Bonchev–Trinajstić information content (AvgIpc) is 2.99. The van der Waals surface area contributed by atoms with Gasteiger partial charge in [0, 0.05) is 25.7 Å². The molecule has 7 nitrogen and oxygen atoms in total. The van der Waals surface area contributed by atoms with Gasteiger partial charge in [-0.15, -0.1) is 0 Å². The summed E-state index contributed by atoms with van der Waals surface area (Å²) in [5.41, 5.74) is 1.38. The highest BCUT2D eigenvalue weighted by molar-refractivity contribution is 5.92. The Morgan fingerprint density at radius 3 is 2.56 bits per heavy atom. The molecule has 0 bridgehead atoms. The first-order valence-corrected chi connectivity index (χ1v) is 7.86. The zero-order chi connectivity index (χ0) is 17.8. The van der Waals surface area contributed by atoms with Gasteiger partial charge in [0.2, 0.25) is 0 Å². The number of anilines is 2. The van der Waals surface area contributed by atoms with E-state index in [0.717, 1.165) is 5.56 Å². The van der Waals surface area contributed by atoms with Crippen LogP contribution < -0.4 is 5.32 Å². The SMILES string of the molecule is Cc1nc(Nc2cc(C)on2)cc(C(=O)N(C)Cc2ccccc2)n1. The molecule has 0 spiro atoms.